The van der Waals surface area contributed by atoms with Gasteiger partial charge in [0, 0.05) is 24.7 Å². The molecule has 30 heavy (non-hydrogen) atoms. The van der Waals surface area contributed by atoms with Crippen LogP contribution in [0, 0.1) is 0 Å². The Morgan fingerprint density at radius 1 is 1.13 bits per heavy atom. The van der Waals surface area contributed by atoms with Crippen LogP contribution in [0.25, 0.3) is 6.08 Å². The molecule has 150 valence electrons. The molecule has 3 heterocycles. The van der Waals surface area contributed by atoms with Gasteiger partial charge in [-0.3, -0.25) is 14.3 Å². The second-order valence-corrected chi connectivity index (χ2v) is 7.25. The van der Waals surface area contributed by atoms with E-state index in [1.54, 1.807) is 36.2 Å². The third-order valence-electron chi connectivity index (χ3n) is 5.32. The second-order valence-electron chi connectivity index (χ2n) is 7.25. The van der Waals surface area contributed by atoms with Gasteiger partial charge >= 0.3 is 5.97 Å². The number of carbonyl (C=O) groups is 2. The molecule has 0 N–H and O–H groups in total. The molecule has 3 aromatic rings. The number of rotatable bonds is 3. The third-order valence-corrected chi connectivity index (χ3v) is 5.32. The van der Waals surface area contributed by atoms with Crippen molar-refractivity contribution < 1.29 is 23.8 Å². The fourth-order valence-corrected chi connectivity index (χ4v) is 3.86. The first-order chi connectivity index (χ1) is 14.5. The topological polar surface area (TPSA) is 79.7 Å². The molecule has 7 nitrogen and oxygen atoms in total. The van der Waals surface area contributed by atoms with Gasteiger partial charge in [-0.2, -0.15) is 5.10 Å². The maximum absolute atomic E-state index is 13.0. The molecule has 2 aliphatic heterocycles. The van der Waals surface area contributed by atoms with E-state index in [1.807, 2.05) is 37.5 Å². The van der Waals surface area contributed by atoms with E-state index in [0.717, 1.165) is 16.9 Å². The highest BCUT2D eigenvalue weighted by Crippen LogP contribution is 2.48. The lowest BCUT2D eigenvalue weighted by molar-refractivity contribution is -0.135. The van der Waals surface area contributed by atoms with E-state index < -0.39 is 0 Å². The summed E-state index contributed by atoms with van der Waals surface area (Å²) in [7, 11) is 3.42. The van der Waals surface area contributed by atoms with E-state index >= 15 is 0 Å². The average molecular weight is 402 g/mol. The first-order valence-electron chi connectivity index (χ1n) is 9.48. The van der Waals surface area contributed by atoms with Crippen molar-refractivity contribution in [3.8, 4) is 17.2 Å². The molecular formula is C23H18N2O5. The Bertz CT molecular complexity index is 1210. The first-order valence-corrected chi connectivity index (χ1v) is 9.48. The molecule has 2 aromatic carbocycles. The molecule has 0 fully saturated rings. The zero-order valence-corrected chi connectivity index (χ0v) is 16.4. The SMILES string of the molecule is COc1ccc(C=C2Oc3c(ccc4c3C(c3cnn(C)c3)CC(=O)O4)C2=O)cc1. The molecule has 0 saturated carbocycles. The summed E-state index contributed by atoms with van der Waals surface area (Å²) in [4.78, 5) is 25.1. The summed E-state index contributed by atoms with van der Waals surface area (Å²) >= 11 is 0. The number of hydrogen-bond acceptors (Lipinski definition) is 6. The predicted molar refractivity (Wildman–Crippen MR) is 108 cm³/mol. The Hall–Kier alpha value is -3.87. The van der Waals surface area contributed by atoms with Gasteiger partial charge in [-0.15, -0.1) is 0 Å². The van der Waals surface area contributed by atoms with Crippen molar-refractivity contribution in [1.29, 1.82) is 0 Å². The quantitative estimate of drug-likeness (QED) is 0.379. The number of methoxy groups -OCH3 is 1. The van der Waals surface area contributed by atoms with Crippen molar-refractivity contribution in [1.82, 2.24) is 9.78 Å². The largest absolute Gasteiger partial charge is 0.497 e. The maximum Gasteiger partial charge on any atom is 0.312 e. The van der Waals surface area contributed by atoms with Gasteiger partial charge in [-0.05, 0) is 41.5 Å². The number of ketones is 1. The van der Waals surface area contributed by atoms with Gasteiger partial charge in [0.2, 0.25) is 5.78 Å². The minimum atomic E-state index is -0.324. The number of fused-ring (bicyclic) bond motifs is 3. The van der Waals surface area contributed by atoms with Crippen LogP contribution in [0.15, 0.2) is 54.6 Å². The molecule has 5 rings (SSSR count). The van der Waals surface area contributed by atoms with Crippen LogP contribution in [0.4, 0.5) is 0 Å². The van der Waals surface area contributed by atoms with Gasteiger partial charge in [0.25, 0.3) is 0 Å². The van der Waals surface area contributed by atoms with Crippen LogP contribution in [0.3, 0.4) is 0 Å². The second kappa shape index (κ2) is 6.88. The summed E-state index contributed by atoms with van der Waals surface area (Å²) in [5, 5.41) is 4.22. The minimum absolute atomic E-state index is 0.157. The smallest absolute Gasteiger partial charge is 0.312 e. The number of carbonyl (C=O) groups excluding carboxylic acids is 2. The Morgan fingerprint density at radius 2 is 1.93 bits per heavy atom. The lowest BCUT2D eigenvalue weighted by atomic mass is 9.86. The predicted octanol–water partition coefficient (Wildman–Crippen LogP) is 3.49. The van der Waals surface area contributed by atoms with Crippen molar-refractivity contribution in [2.75, 3.05) is 7.11 Å². The Kier molecular flexibility index (Phi) is 4.17. The molecule has 1 atom stereocenters. The maximum atomic E-state index is 13.0. The molecule has 2 aliphatic rings. The highest BCUT2D eigenvalue weighted by atomic mass is 16.5. The molecule has 0 radical (unpaired) electrons. The van der Waals surface area contributed by atoms with Gasteiger partial charge in [0.1, 0.15) is 17.2 Å². The van der Waals surface area contributed by atoms with Gasteiger partial charge < -0.3 is 14.2 Å². The molecule has 0 bridgehead atoms. The zero-order valence-electron chi connectivity index (χ0n) is 16.4. The van der Waals surface area contributed by atoms with Crippen LogP contribution in [-0.4, -0.2) is 28.6 Å². The van der Waals surface area contributed by atoms with Gasteiger partial charge in [-0.25, -0.2) is 0 Å². The van der Waals surface area contributed by atoms with Crippen LogP contribution >= 0.6 is 0 Å². The highest BCUT2D eigenvalue weighted by Gasteiger charge is 2.38. The monoisotopic (exact) mass is 402 g/mol. The summed E-state index contributed by atoms with van der Waals surface area (Å²) in [6.45, 7) is 0. The van der Waals surface area contributed by atoms with E-state index in [2.05, 4.69) is 5.10 Å². The Morgan fingerprint density at radius 3 is 2.63 bits per heavy atom. The summed E-state index contributed by atoms with van der Waals surface area (Å²) in [6.07, 6.45) is 5.43. The first kappa shape index (κ1) is 18.2. The number of allylic oxidation sites excluding steroid dienone is 1. The van der Waals surface area contributed by atoms with Crippen LogP contribution in [0.5, 0.6) is 17.2 Å². The fraction of sp³-hybridized carbons (Fsp3) is 0.174. The Labute approximate surface area is 172 Å². The standard InChI is InChI=1S/C23H18N2O5/c1-25-12-14(11-24-25)17-10-20(26)29-18-8-7-16-22(27)19(30-23(16)21(17)18)9-13-3-5-15(28-2)6-4-13/h3-9,11-12,17H,10H2,1-2H3. The number of hydrogen-bond donors (Lipinski definition) is 0. The van der Waals surface area contributed by atoms with Crippen LogP contribution < -0.4 is 14.2 Å². The van der Waals surface area contributed by atoms with Crippen molar-refractivity contribution in [2.45, 2.75) is 12.3 Å². The number of nitrogens with zero attached hydrogens (tertiary/aromatic N) is 2. The summed E-state index contributed by atoms with van der Waals surface area (Å²) in [5.41, 5.74) is 2.84. The molecule has 0 aliphatic carbocycles. The summed E-state index contributed by atoms with van der Waals surface area (Å²) in [5.74, 6) is 0.994. The Balaban J connectivity index is 1.58. The van der Waals surface area contributed by atoms with E-state index in [-0.39, 0.29) is 29.9 Å². The van der Waals surface area contributed by atoms with E-state index in [0.29, 0.717) is 22.6 Å². The number of Topliss-reactive ketones (excluding diaryl/α,β-unsaturated/α-hetero) is 1. The van der Waals surface area contributed by atoms with Gasteiger partial charge in [0.15, 0.2) is 5.76 Å². The van der Waals surface area contributed by atoms with Crippen LogP contribution in [0.2, 0.25) is 0 Å². The number of benzene rings is 2. The number of aromatic nitrogens is 2. The summed E-state index contributed by atoms with van der Waals surface area (Å²) in [6, 6.07) is 10.6. The number of aryl methyl sites for hydroxylation is 1. The van der Waals surface area contributed by atoms with Crippen molar-refractivity contribution in [3.05, 3.63) is 76.8 Å². The van der Waals surface area contributed by atoms with Crippen LogP contribution in [0.1, 0.15) is 39.4 Å². The zero-order chi connectivity index (χ0) is 20.8. The molecular weight excluding hydrogens is 384 g/mol. The molecule has 0 spiro atoms. The van der Waals surface area contributed by atoms with Crippen LogP contribution in [-0.2, 0) is 11.8 Å². The number of esters is 1. The lowest BCUT2D eigenvalue weighted by Crippen LogP contribution is -2.21. The number of ether oxygens (including phenoxy) is 3. The molecule has 0 amide bonds. The van der Waals surface area contributed by atoms with Crippen molar-refractivity contribution in [2.24, 2.45) is 7.05 Å². The van der Waals surface area contributed by atoms with Crippen molar-refractivity contribution in [3.63, 3.8) is 0 Å². The molecule has 1 unspecified atom stereocenters. The third kappa shape index (κ3) is 2.95. The highest BCUT2D eigenvalue weighted by molar-refractivity contribution is 6.15. The lowest BCUT2D eigenvalue weighted by Gasteiger charge is -2.25. The summed E-state index contributed by atoms with van der Waals surface area (Å²) < 4.78 is 18.3. The normalized spacial score (nSPS) is 18.6. The molecule has 7 heteroatoms. The van der Waals surface area contributed by atoms with E-state index in [1.165, 1.54) is 0 Å². The van der Waals surface area contributed by atoms with E-state index in [4.69, 9.17) is 14.2 Å². The molecule has 0 saturated heterocycles. The fourth-order valence-electron chi connectivity index (χ4n) is 3.86. The van der Waals surface area contributed by atoms with Crippen molar-refractivity contribution >= 4 is 17.8 Å². The minimum Gasteiger partial charge on any atom is -0.497 e. The van der Waals surface area contributed by atoms with Gasteiger partial charge in [0.05, 0.1) is 25.3 Å². The van der Waals surface area contributed by atoms with Gasteiger partial charge in [-0.1, -0.05) is 12.1 Å². The average Bonchev–Trinajstić information content (AvgIpc) is 3.31. The van der Waals surface area contributed by atoms with E-state index in [9.17, 15) is 9.59 Å². The molecule has 1 aromatic heterocycles.